The number of ether oxygens (including phenoxy) is 1. The molecule has 0 bridgehead atoms. The second-order valence-electron chi connectivity index (χ2n) is 18.4. The Morgan fingerprint density at radius 2 is 1.21 bits per heavy atom. The maximum Gasteiger partial charge on any atom is 0.135 e. The summed E-state index contributed by atoms with van der Waals surface area (Å²) >= 11 is 0. The smallest absolute Gasteiger partial charge is 0.135 e. The van der Waals surface area contributed by atoms with Crippen molar-refractivity contribution in [3.8, 4) is 28.4 Å². The first-order valence-electron chi connectivity index (χ1n) is 20.8. The third kappa shape index (κ3) is 8.29. The molecule has 8 aromatic rings. The summed E-state index contributed by atoms with van der Waals surface area (Å²) in [5.74, 6) is 2.07. The molecule has 6 aromatic carbocycles. The van der Waals surface area contributed by atoms with Gasteiger partial charge in [0.05, 0.1) is 0 Å². The van der Waals surface area contributed by atoms with E-state index in [-0.39, 0.29) is 37.3 Å². The van der Waals surface area contributed by atoms with E-state index in [0.29, 0.717) is 11.5 Å². The summed E-state index contributed by atoms with van der Waals surface area (Å²) in [5.41, 5.74) is 10.8. The molecule has 6 heteroatoms. The average Bonchev–Trinajstić information content (AvgIpc) is 3.87. The van der Waals surface area contributed by atoms with Gasteiger partial charge in [0.15, 0.2) is 0 Å². The molecule has 0 amide bonds. The van der Waals surface area contributed by atoms with Crippen LogP contribution in [0.15, 0.2) is 158 Å². The molecular weight excluding hydrogens is 928 g/mol. The van der Waals surface area contributed by atoms with Gasteiger partial charge in [0.1, 0.15) is 5.82 Å². The van der Waals surface area contributed by atoms with Crippen LogP contribution in [0.3, 0.4) is 0 Å². The average molecular weight is 979 g/mol. The number of benzene rings is 6. The van der Waals surface area contributed by atoms with E-state index in [9.17, 15) is 0 Å². The monoisotopic (exact) mass is 978 g/mol. The van der Waals surface area contributed by atoms with Crippen LogP contribution < -0.4 is 14.5 Å². The maximum absolute atomic E-state index is 6.75. The summed E-state index contributed by atoms with van der Waals surface area (Å²) < 4.78 is 8.96. The van der Waals surface area contributed by atoms with E-state index in [1.165, 1.54) is 27.8 Å². The van der Waals surface area contributed by atoms with Gasteiger partial charge in [-0.3, -0.25) is 0 Å². The minimum Gasteiger partial charge on any atom is -0.509 e. The molecule has 0 atom stereocenters. The van der Waals surface area contributed by atoms with Gasteiger partial charge in [-0.05, 0) is 86.8 Å². The molecule has 1 aliphatic rings. The van der Waals surface area contributed by atoms with E-state index in [2.05, 4.69) is 234 Å². The molecule has 61 heavy (non-hydrogen) atoms. The molecule has 0 aliphatic carbocycles. The summed E-state index contributed by atoms with van der Waals surface area (Å²) in [5, 5.41) is 2.22. The predicted molar refractivity (Wildman–Crippen MR) is 249 cm³/mol. The van der Waals surface area contributed by atoms with E-state index in [0.717, 1.165) is 44.6 Å². The SMILES string of the molecule is CC(C)(C)c1cc(Oc2[c-]c3c(cc2)c2ccccc2n3-c2cc(C(C)(C)c3ccccc3)ccn2)[c-]c(N2C=CN(c3cc(-c4ccccc4)cc(C(C)(C)C)c3)[CH-]2)c1.[Pt]. The van der Waals surface area contributed by atoms with Crippen molar-refractivity contribution in [2.75, 3.05) is 9.80 Å². The van der Waals surface area contributed by atoms with Crippen LogP contribution in [0.1, 0.15) is 77.6 Å². The molecule has 0 fully saturated rings. The molecule has 1 aliphatic heterocycles. The van der Waals surface area contributed by atoms with Crippen LogP contribution in [-0.2, 0) is 37.3 Å². The molecule has 0 spiro atoms. The zero-order valence-corrected chi connectivity index (χ0v) is 38.4. The van der Waals surface area contributed by atoms with Gasteiger partial charge in [-0.15, -0.1) is 53.6 Å². The number of rotatable bonds is 8. The van der Waals surface area contributed by atoms with Crippen LogP contribution in [0.5, 0.6) is 11.5 Å². The number of para-hydroxylation sites is 1. The Kier molecular flexibility index (Phi) is 11.1. The van der Waals surface area contributed by atoms with E-state index in [1.54, 1.807) is 0 Å². The summed E-state index contributed by atoms with van der Waals surface area (Å²) in [4.78, 5) is 9.24. The summed E-state index contributed by atoms with van der Waals surface area (Å²) in [6, 6.07) is 56.7. The third-order valence-corrected chi connectivity index (χ3v) is 11.8. The van der Waals surface area contributed by atoms with Crippen LogP contribution in [-0.4, -0.2) is 9.55 Å². The second kappa shape index (κ2) is 16.2. The standard InChI is InChI=1S/C55H51N4O.Pt/c1-53(2,3)42-29-39(38-17-11-9-12-18-38)30-44(31-42)57-27-28-58(37-57)45-32-43(54(4,5)6)33-47(35-45)60-46-23-24-49-48-21-15-16-22-50(48)59(51(49)36-46)52-34-41(25-26-56-52)55(7,8)40-19-13-10-14-20-40;/h9-34,37H,1-8H3;/q-3;. The largest absolute Gasteiger partial charge is 0.509 e. The Hall–Kier alpha value is -5.90. The first kappa shape index (κ1) is 41.8. The van der Waals surface area contributed by atoms with Crippen molar-refractivity contribution in [1.82, 2.24) is 9.55 Å². The van der Waals surface area contributed by atoms with Gasteiger partial charge in [0.25, 0.3) is 0 Å². The molecule has 9 rings (SSSR count). The summed E-state index contributed by atoms with van der Waals surface area (Å²) in [7, 11) is 0. The van der Waals surface area contributed by atoms with Gasteiger partial charge in [0, 0.05) is 55.4 Å². The quantitative estimate of drug-likeness (QED) is 0.142. The summed E-state index contributed by atoms with van der Waals surface area (Å²) in [6.07, 6.45) is 6.11. The number of pyridine rings is 1. The van der Waals surface area contributed by atoms with Crippen LogP contribution in [0.25, 0.3) is 38.8 Å². The fourth-order valence-corrected chi connectivity index (χ4v) is 8.04. The van der Waals surface area contributed by atoms with Crippen molar-refractivity contribution < 1.29 is 25.8 Å². The molecule has 0 radical (unpaired) electrons. The predicted octanol–water partition coefficient (Wildman–Crippen LogP) is 14.1. The van der Waals surface area contributed by atoms with Crippen molar-refractivity contribution >= 4 is 33.2 Å². The van der Waals surface area contributed by atoms with Crippen LogP contribution >= 0.6 is 0 Å². The van der Waals surface area contributed by atoms with Gasteiger partial charge in [0.2, 0.25) is 0 Å². The topological polar surface area (TPSA) is 33.5 Å². The van der Waals surface area contributed by atoms with Crippen molar-refractivity contribution in [3.05, 3.63) is 199 Å². The Morgan fingerprint density at radius 3 is 1.95 bits per heavy atom. The van der Waals surface area contributed by atoms with E-state index >= 15 is 0 Å². The second-order valence-corrected chi connectivity index (χ2v) is 18.4. The number of hydrogen-bond acceptors (Lipinski definition) is 4. The Morgan fingerprint density at radius 1 is 0.541 bits per heavy atom. The number of anilines is 2. The molecule has 0 unspecified atom stereocenters. The van der Waals surface area contributed by atoms with Gasteiger partial charge in [-0.25, -0.2) is 4.98 Å². The Labute approximate surface area is 375 Å². The number of fused-ring (bicyclic) bond motifs is 3. The van der Waals surface area contributed by atoms with Crippen molar-refractivity contribution in [3.63, 3.8) is 0 Å². The zero-order chi connectivity index (χ0) is 41.8. The fourth-order valence-electron chi connectivity index (χ4n) is 8.04. The zero-order valence-electron chi connectivity index (χ0n) is 36.1. The number of aromatic nitrogens is 2. The van der Waals surface area contributed by atoms with Gasteiger partial charge >= 0.3 is 0 Å². The fraction of sp³-hybridized carbons (Fsp3) is 0.200. The Balaban J connectivity index is 0.00000514. The molecular formula is C55H51N4OPt-3. The van der Waals surface area contributed by atoms with Gasteiger partial charge in [-0.1, -0.05) is 146 Å². The van der Waals surface area contributed by atoms with Crippen molar-refractivity contribution in [2.45, 2.75) is 71.6 Å². The molecule has 0 saturated carbocycles. The molecule has 2 aromatic heterocycles. The number of hydrogen-bond donors (Lipinski definition) is 0. The molecule has 5 nitrogen and oxygen atoms in total. The molecule has 0 N–H and O–H groups in total. The normalized spacial score (nSPS) is 13.2. The third-order valence-electron chi connectivity index (χ3n) is 11.8. The molecule has 0 saturated heterocycles. The van der Waals surface area contributed by atoms with Crippen molar-refractivity contribution in [2.24, 2.45) is 0 Å². The molecule has 3 heterocycles. The van der Waals surface area contributed by atoms with Crippen LogP contribution in [0.2, 0.25) is 0 Å². The van der Waals surface area contributed by atoms with Crippen LogP contribution in [0.4, 0.5) is 11.4 Å². The maximum atomic E-state index is 6.75. The van der Waals surface area contributed by atoms with E-state index < -0.39 is 0 Å². The summed E-state index contributed by atoms with van der Waals surface area (Å²) in [6.45, 7) is 20.1. The number of nitrogens with zero attached hydrogens (tertiary/aromatic N) is 4. The van der Waals surface area contributed by atoms with Crippen molar-refractivity contribution in [1.29, 1.82) is 0 Å². The van der Waals surface area contributed by atoms with Gasteiger partial charge in [-0.2, -0.15) is 6.07 Å². The Bertz CT molecular complexity index is 2880. The van der Waals surface area contributed by atoms with E-state index in [4.69, 9.17) is 9.72 Å². The first-order valence-corrected chi connectivity index (χ1v) is 20.8. The first-order chi connectivity index (χ1) is 28.7. The minimum atomic E-state index is -0.220. The van der Waals surface area contributed by atoms with Crippen LogP contribution in [0, 0.1) is 18.8 Å². The van der Waals surface area contributed by atoms with E-state index in [1.807, 2.05) is 12.3 Å². The minimum absolute atomic E-state index is 0. The molecule has 310 valence electrons. The van der Waals surface area contributed by atoms with Gasteiger partial charge < -0.3 is 19.1 Å².